The highest BCUT2D eigenvalue weighted by molar-refractivity contribution is 5.24. The lowest BCUT2D eigenvalue weighted by molar-refractivity contribution is 0.260. The highest BCUT2D eigenvalue weighted by Crippen LogP contribution is 2.34. The summed E-state index contributed by atoms with van der Waals surface area (Å²) in [4.78, 5) is 6.85. The molecule has 3 heterocycles. The van der Waals surface area contributed by atoms with Crippen molar-refractivity contribution < 1.29 is 4.74 Å². The molecule has 2 aliphatic heterocycles. The molecule has 0 saturated carbocycles. The Balaban J connectivity index is 1.69. The molecule has 3 nitrogen and oxygen atoms in total. The first-order valence-electron chi connectivity index (χ1n) is 6.07. The third-order valence-electron chi connectivity index (χ3n) is 3.92. The molecule has 3 atom stereocenters. The molecule has 3 heteroatoms. The van der Waals surface area contributed by atoms with Crippen LogP contribution in [0.5, 0.6) is 5.75 Å². The monoisotopic (exact) mass is 218 g/mol. The van der Waals surface area contributed by atoms with E-state index < -0.39 is 0 Å². The van der Waals surface area contributed by atoms with Crippen molar-refractivity contribution in [2.75, 3.05) is 20.2 Å². The second kappa shape index (κ2) is 4.06. The van der Waals surface area contributed by atoms with Crippen molar-refractivity contribution in [3.8, 4) is 5.75 Å². The highest BCUT2D eigenvalue weighted by atomic mass is 16.5. The zero-order valence-electron chi connectivity index (χ0n) is 9.72. The van der Waals surface area contributed by atoms with E-state index in [9.17, 15) is 0 Å². The molecule has 1 aromatic rings. The van der Waals surface area contributed by atoms with Gasteiger partial charge in [0.25, 0.3) is 0 Å². The van der Waals surface area contributed by atoms with Gasteiger partial charge in [0, 0.05) is 18.8 Å². The summed E-state index contributed by atoms with van der Waals surface area (Å²) in [6, 6.07) is 2.85. The van der Waals surface area contributed by atoms with Crippen molar-refractivity contribution in [1.29, 1.82) is 0 Å². The fraction of sp³-hybridized carbons (Fsp3) is 0.615. The van der Waals surface area contributed by atoms with E-state index >= 15 is 0 Å². The maximum atomic E-state index is 5.21. The summed E-state index contributed by atoms with van der Waals surface area (Å²) in [5.41, 5.74) is 1.30. The molecule has 2 aliphatic rings. The van der Waals surface area contributed by atoms with Crippen molar-refractivity contribution in [3.05, 3.63) is 24.0 Å². The fourth-order valence-corrected chi connectivity index (χ4v) is 3.09. The van der Waals surface area contributed by atoms with Crippen molar-refractivity contribution in [1.82, 2.24) is 9.88 Å². The molecule has 2 bridgehead atoms. The van der Waals surface area contributed by atoms with Gasteiger partial charge in [-0.15, -0.1) is 0 Å². The van der Waals surface area contributed by atoms with Gasteiger partial charge in [0.15, 0.2) is 0 Å². The number of piperidine rings is 1. The quantitative estimate of drug-likeness (QED) is 0.772. The Morgan fingerprint density at radius 1 is 1.50 bits per heavy atom. The van der Waals surface area contributed by atoms with E-state index in [4.69, 9.17) is 4.74 Å². The SMILES string of the molecule is COc1cncc(CC2CC3CCN2C3)c1. The number of hydrogen-bond acceptors (Lipinski definition) is 3. The van der Waals surface area contributed by atoms with Gasteiger partial charge in [-0.2, -0.15) is 0 Å². The molecule has 0 radical (unpaired) electrons. The van der Waals surface area contributed by atoms with Crippen LogP contribution in [0.2, 0.25) is 0 Å². The molecule has 2 fully saturated rings. The lowest BCUT2D eigenvalue weighted by atomic mass is 9.96. The Hall–Kier alpha value is -1.09. The summed E-state index contributed by atoms with van der Waals surface area (Å²) >= 11 is 0. The lowest BCUT2D eigenvalue weighted by Gasteiger charge is -2.24. The van der Waals surface area contributed by atoms with Gasteiger partial charge in [0.1, 0.15) is 5.75 Å². The van der Waals surface area contributed by atoms with Crippen LogP contribution >= 0.6 is 0 Å². The van der Waals surface area contributed by atoms with Crippen LogP contribution in [0.4, 0.5) is 0 Å². The smallest absolute Gasteiger partial charge is 0.137 e. The summed E-state index contributed by atoms with van der Waals surface area (Å²) in [7, 11) is 1.70. The van der Waals surface area contributed by atoms with E-state index in [0.717, 1.165) is 24.1 Å². The molecular formula is C13H18N2O. The van der Waals surface area contributed by atoms with Gasteiger partial charge in [0.05, 0.1) is 13.3 Å². The standard InChI is InChI=1S/C13H18N2O/c1-16-13-6-11(7-14-8-13)5-12-4-10-2-3-15(12)9-10/h6-8,10,12H,2-5,9H2,1H3. The number of aromatic nitrogens is 1. The van der Waals surface area contributed by atoms with Crippen molar-refractivity contribution >= 4 is 0 Å². The van der Waals surface area contributed by atoms with Gasteiger partial charge < -0.3 is 4.74 Å². The molecule has 2 saturated heterocycles. The Bertz CT molecular complexity index is 380. The number of rotatable bonds is 3. The molecule has 3 unspecified atom stereocenters. The predicted octanol–water partition coefficient (Wildman–Crippen LogP) is 1.73. The zero-order valence-corrected chi connectivity index (χ0v) is 9.72. The number of ether oxygens (including phenoxy) is 1. The van der Waals surface area contributed by atoms with Crippen LogP contribution in [0.1, 0.15) is 18.4 Å². The summed E-state index contributed by atoms with van der Waals surface area (Å²) in [5.74, 6) is 1.83. The molecule has 0 aromatic carbocycles. The van der Waals surface area contributed by atoms with Gasteiger partial charge in [0.2, 0.25) is 0 Å². The van der Waals surface area contributed by atoms with Crippen molar-refractivity contribution in [3.63, 3.8) is 0 Å². The molecule has 0 aliphatic carbocycles. The number of nitrogens with zero attached hydrogens (tertiary/aromatic N) is 2. The van der Waals surface area contributed by atoms with E-state index in [1.807, 2.05) is 6.20 Å². The first kappa shape index (κ1) is 10.1. The molecule has 3 rings (SSSR count). The average Bonchev–Trinajstić information content (AvgIpc) is 2.91. The van der Waals surface area contributed by atoms with Gasteiger partial charge in [-0.1, -0.05) is 0 Å². The van der Waals surface area contributed by atoms with Crippen LogP contribution in [-0.2, 0) is 6.42 Å². The molecular weight excluding hydrogens is 200 g/mol. The van der Waals surface area contributed by atoms with E-state index in [1.54, 1.807) is 13.3 Å². The third-order valence-corrected chi connectivity index (χ3v) is 3.92. The maximum absolute atomic E-state index is 5.21. The number of methoxy groups -OCH3 is 1. The molecule has 86 valence electrons. The van der Waals surface area contributed by atoms with Crippen LogP contribution in [0.25, 0.3) is 0 Å². The van der Waals surface area contributed by atoms with E-state index in [0.29, 0.717) is 0 Å². The topological polar surface area (TPSA) is 25.4 Å². The normalized spacial score (nSPS) is 31.9. The second-order valence-corrected chi connectivity index (χ2v) is 4.98. The predicted molar refractivity (Wildman–Crippen MR) is 62.6 cm³/mol. The summed E-state index contributed by atoms with van der Waals surface area (Å²) in [6.45, 7) is 2.62. The number of hydrogen-bond donors (Lipinski definition) is 0. The Kier molecular flexibility index (Phi) is 2.56. The largest absolute Gasteiger partial charge is 0.495 e. The maximum Gasteiger partial charge on any atom is 0.137 e. The Morgan fingerprint density at radius 3 is 3.12 bits per heavy atom. The van der Waals surface area contributed by atoms with Crippen LogP contribution in [-0.4, -0.2) is 36.1 Å². The van der Waals surface area contributed by atoms with Gasteiger partial charge in [-0.05, 0) is 43.4 Å². The molecule has 0 N–H and O–H groups in total. The van der Waals surface area contributed by atoms with E-state index in [-0.39, 0.29) is 0 Å². The second-order valence-electron chi connectivity index (χ2n) is 4.98. The Morgan fingerprint density at radius 2 is 2.44 bits per heavy atom. The van der Waals surface area contributed by atoms with Gasteiger partial charge in [-0.25, -0.2) is 0 Å². The fourth-order valence-electron chi connectivity index (χ4n) is 3.09. The molecule has 1 aromatic heterocycles. The zero-order chi connectivity index (χ0) is 11.0. The van der Waals surface area contributed by atoms with Crippen LogP contribution in [0.15, 0.2) is 18.5 Å². The summed E-state index contributed by atoms with van der Waals surface area (Å²) < 4.78 is 5.21. The minimum atomic E-state index is 0.743. The van der Waals surface area contributed by atoms with E-state index in [2.05, 4.69) is 16.0 Å². The van der Waals surface area contributed by atoms with Crippen LogP contribution in [0.3, 0.4) is 0 Å². The Labute approximate surface area is 96.4 Å². The molecule has 0 spiro atoms. The lowest BCUT2D eigenvalue weighted by Crippen LogP contribution is -2.31. The summed E-state index contributed by atoms with van der Waals surface area (Å²) in [5, 5.41) is 0. The van der Waals surface area contributed by atoms with Crippen LogP contribution < -0.4 is 4.74 Å². The first-order chi connectivity index (χ1) is 7.85. The van der Waals surface area contributed by atoms with Gasteiger partial charge in [-0.3, -0.25) is 9.88 Å². The van der Waals surface area contributed by atoms with Crippen molar-refractivity contribution in [2.45, 2.75) is 25.3 Å². The average molecular weight is 218 g/mol. The first-order valence-corrected chi connectivity index (χ1v) is 6.07. The van der Waals surface area contributed by atoms with E-state index in [1.165, 1.54) is 31.5 Å². The number of fused-ring (bicyclic) bond motifs is 2. The number of pyridine rings is 1. The molecule has 0 amide bonds. The van der Waals surface area contributed by atoms with Crippen LogP contribution in [0, 0.1) is 5.92 Å². The minimum absolute atomic E-state index is 0.743. The van der Waals surface area contributed by atoms with Gasteiger partial charge >= 0.3 is 0 Å². The third kappa shape index (κ3) is 1.80. The summed E-state index contributed by atoms with van der Waals surface area (Å²) in [6.07, 6.45) is 7.64. The van der Waals surface area contributed by atoms with Crippen molar-refractivity contribution in [2.24, 2.45) is 5.92 Å². The molecule has 16 heavy (non-hydrogen) atoms. The highest BCUT2D eigenvalue weighted by Gasteiger charge is 2.37. The minimum Gasteiger partial charge on any atom is -0.495 e.